The lowest BCUT2D eigenvalue weighted by atomic mass is 10.1. The van der Waals surface area contributed by atoms with Gasteiger partial charge < -0.3 is 34.9 Å². The van der Waals surface area contributed by atoms with Crippen LogP contribution in [-0.4, -0.2) is 87.3 Å². The number of carbonyl (C=O) groups excluding carboxylic acids is 2. The SMILES string of the molecule is COc1ccc2c(OC3CC4C(=O)NC5(C(=O)O)CC5/C=C/CCCCCC(OC5CCCC5)C(=O)N4C3)cc(-c3csc(NC4CCCC4)n3)nc2c1. The highest BCUT2D eigenvalue weighted by molar-refractivity contribution is 7.14. The number of methoxy groups -OCH3 is 1. The third kappa shape index (κ3) is 7.80. The molecule has 0 bridgehead atoms. The number of aliphatic carboxylic acids is 1. The first kappa shape index (κ1) is 36.7. The van der Waals surface area contributed by atoms with Gasteiger partial charge in [0.05, 0.1) is 31.0 Å². The second-order valence-electron chi connectivity index (χ2n) is 15.7. The van der Waals surface area contributed by atoms with Gasteiger partial charge in [-0.1, -0.05) is 50.7 Å². The third-order valence-corrected chi connectivity index (χ3v) is 12.7. The van der Waals surface area contributed by atoms with Gasteiger partial charge in [0, 0.05) is 41.3 Å². The summed E-state index contributed by atoms with van der Waals surface area (Å²) in [5.41, 5.74) is 0.658. The number of anilines is 1. The molecule has 5 atom stereocenters. The van der Waals surface area contributed by atoms with Crippen LogP contribution in [0.3, 0.4) is 0 Å². The van der Waals surface area contributed by atoms with Crippen molar-refractivity contribution in [1.82, 2.24) is 20.2 Å². The van der Waals surface area contributed by atoms with Crippen molar-refractivity contribution in [1.29, 1.82) is 0 Å². The predicted molar refractivity (Wildman–Crippen MR) is 206 cm³/mol. The maximum atomic E-state index is 14.5. The van der Waals surface area contributed by atoms with Crippen LogP contribution in [0.4, 0.5) is 5.13 Å². The zero-order valence-corrected chi connectivity index (χ0v) is 31.8. The van der Waals surface area contributed by atoms with Crippen molar-refractivity contribution in [2.24, 2.45) is 5.92 Å². The number of amides is 2. The lowest BCUT2D eigenvalue weighted by Crippen LogP contribution is -2.54. The number of aromatic nitrogens is 2. The number of carboxylic acids is 1. The summed E-state index contributed by atoms with van der Waals surface area (Å²) in [6, 6.07) is 7.02. The van der Waals surface area contributed by atoms with Crippen LogP contribution in [0.1, 0.15) is 96.3 Å². The van der Waals surface area contributed by atoms with Crippen molar-refractivity contribution in [3.63, 3.8) is 0 Å². The predicted octanol–water partition coefficient (Wildman–Crippen LogP) is 6.88. The molecule has 8 rings (SSSR count). The first-order valence-electron chi connectivity index (χ1n) is 19.9. The maximum Gasteiger partial charge on any atom is 0.330 e. The van der Waals surface area contributed by atoms with Crippen LogP contribution in [-0.2, 0) is 19.1 Å². The Bertz CT molecular complexity index is 1890. The minimum atomic E-state index is -1.38. The first-order valence-corrected chi connectivity index (χ1v) is 20.7. The lowest BCUT2D eigenvalue weighted by molar-refractivity contribution is -0.153. The smallest absolute Gasteiger partial charge is 0.330 e. The first-order chi connectivity index (χ1) is 26.3. The number of benzene rings is 1. The molecule has 3 saturated carbocycles. The van der Waals surface area contributed by atoms with E-state index in [1.807, 2.05) is 41.8 Å². The van der Waals surface area contributed by atoms with Crippen molar-refractivity contribution >= 4 is 45.2 Å². The Morgan fingerprint density at radius 3 is 2.57 bits per heavy atom. The lowest BCUT2D eigenvalue weighted by Gasteiger charge is -2.30. The topological polar surface area (TPSA) is 152 Å². The largest absolute Gasteiger partial charge is 0.497 e. The number of nitrogens with one attached hydrogen (secondary N) is 2. The standard InChI is InChI=1S/C41H51N5O7S/c1-51-28-17-18-30-31(19-28)43-32(33-24-54-40(44-33)42-26-12-7-8-13-26)21-36(30)53-29-20-34-37(47)45-41(39(49)50)22-25(41)11-5-3-2-4-6-16-35(38(48)46(34)23-29)52-27-14-9-10-15-27/h5,11,17-19,21,24-27,29,34-35H,2-4,6-10,12-16,20,22-23H2,1H3,(H,42,44)(H,45,47)(H,49,50)/b11-5+. The molecular formula is C41H51N5O7S. The van der Waals surface area contributed by atoms with Crippen molar-refractivity contribution in [2.75, 3.05) is 19.0 Å². The van der Waals surface area contributed by atoms with E-state index >= 15 is 0 Å². The number of nitrogens with zero attached hydrogens (tertiary/aromatic N) is 3. The van der Waals surface area contributed by atoms with E-state index in [1.165, 1.54) is 12.8 Å². The number of pyridine rings is 1. The molecule has 12 nitrogen and oxygen atoms in total. The van der Waals surface area contributed by atoms with Gasteiger partial charge in [-0.25, -0.2) is 14.8 Å². The molecule has 1 saturated heterocycles. The van der Waals surface area contributed by atoms with Crippen molar-refractivity contribution in [3.8, 4) is 22.9 Å². The number of thiazole rings is 1. The van der Waals surface area contributed by atoms with Crippen LogP contribution in [0.25, 0.3) is 22.3 Å². The molecule has 54 heavy (non-hydrogen) atoms. The number of rotatable bonds is 9. The summed E-state index contributed by atoms with van der Waals surface area (Å²) in [7, 11) is 1.61. The molecule has 2 aliphatic heterocycles. The van der Waals surface area contributed by atoms with Crippen LogP contribution in [0.5, 0.6) is 11.5 Å². The van der Waals surface area contributed by atoms with E-state index in [0.29, 0.717) is 41.6 Å². The van der Waals surface area contributed by atoms with E-state index in [-0.39, 0.29) is 30.9 Å². The molecule has 3 N–H and O–H groups in total. The number of fused-ring (bicyclic) bond motifs is 3. The van der Waals surface area contributed by atoms with E-state index in [9.17, 15) is 19.5 Å². The summed E-state index contributed by atoms with van der Waals surface area (Å²) in [5, 5.41) is 20.4. The molecule has 2 amide bonds. The van der Waals surface area contributed by atoms with Gasteiger partial charge in [-0.05, 0) is 63.5 Å². The van der Waals surface area contributed by atoms with Crippen LogP contribution in [0.2, 0.25) is 0 Å². The van der Waals surface area contributed by atoms with Crippen molar-refractivity contribution in [3.05, 3.63) is 41.8 Å². The molecule has 288 valence electrons. The highest BCUT2D eigenvalue weighted by atomic mass is 32.1. The van der Waals surface area contributed by atoms with Crippen LogP contribution in [0, 0.1) is 5.92 Å². The average molecular weight is 758 g/mol. The number of ether oxygens (including phenoxy) is 3. The van der Waals surface area contributed by atoms with Crippen LogP contribution in [0.15, 0.2) is 41.8 Å². The van der Waals surface area contributed by atoms with Gasteiger partial charge in [-0.2, -0.15) is 0 Å². The Kier molecular flexibility index (Phi) is 10.8. The second-order valence-corrected chi connectivity index (χ2v) is 16.6. The fraction of sp³-hybridized carbons (Fsp3) is 0.585. The number of carboxylic acid groups (broad SMARTS) is 1. The third-order valence-electron chi connectivity index (χ3n) is 12.0. The number of hydrogen-bond donors (Lipinski definition) is 3. The molecule has 4 fully saturated rings. The normalized spacial score (nSPS) is 28.9. The van der Waals surface area contributed by atoms with E-state index in [2.05, 4.69) is 10.6 Å². The molecule has 3 aliphatic carbocycles. The Hall–Kier alpha value is -4.23. The van der Waals surface area contributed by atoms with E-state index in [1.54, 1.807) is 23.3 Å². The van der Waals surface area contributed by atoms with E-state index in [4.69, 9.17) is 24.2 Å². The molecule has 13 heteroatoms. The minimum absolute atomic E-state index is 0.0200. The Morgan fingerprint density at radius 2 is 1.78 bits per heavy atom. The molecule has 3 aromatic rings. The quantitative estimate of drug-likeness (QED) is 0.197. The van der Waals surface area contributed by atoms with Crippen LogP contribution < -0.4 is 20.1 Å². The highest BCUT2D eigenvalue weighted by Gasteiger charge is 2.61. The zero-order chi connectivity index (χ0) is 37.2. The van der Waals surface area contributed by atoms with Gasteiger partial charge in [-0.3, -0.25) is 9.59 Å². The fourth-order valence-corrected chi connectivity index (χ4v) is 9.56. The van der Waals surface area contributed by atoms with Gasteiger partial charge in [0.2, 0.25) is 5.91 Å². The fourth-order valence-electron chi connectivity index (χ4n) is 8.78. The van der Waals surface area contributed by atoms with Crippen LogP contribution >= 0.6 is 11.3 Å². The van der Waals surface area contributed by atoms with Gasteiger partial charge in [0.15, 0.2) is 5.13 Å². The monoisotopic (exact) mass is 757 g/mol. The molecule has 1 aromatic carbocycles. The summed E-state index contributed by atoms with van der Waals surface area (Å²) in [5.74, 6) is -0.841. The highest BCUT2D eigenvalue weighted by Crippen LogP contribution is 2.46. The molecule has 4 heterocycles. The molecule has 5 aliphatic rings. The minimum Gasteiger partial charge on any atom is -0.497 e. The molecule has 0 radical (unpaired) electrons. The number of carbonyl (C=O) groups is 3. The van der Waals surface area contributed by atoms with E-state index < -0.39 is 35.7 Å². The number of hydrogen-bond acceptors (Lipinski definition) is 10. The average Bonchev–Trinajstić information content (AvgIpc) is 3.81. The molecule has 0 spiro atoms. The van der Waals surface area contributed by atoms with Gasteiger partial charge in [-0.15, -0.1) is 11.3 Å². The Balaban J connectivity index is 1.10. The Morgan fingerprint density at radius 1 is 0.981 bits per heavy atom. The van der Waals surface area contributed by atoms with Gasteiger partial charge >= 0.3 is 5.97 Å². The summed E-state index contributed by atoms with van der Waals surface area (Å²) in [4.78, 5) is 52.8. The second kappa shape index (κ2) is 15.9. The Labute approximate surface area is 320 Å². The van der Waals surface area contributed by atoms with Gasteiger partial charge in [0.25, 0.3) is 5.91 Å². The summed E-state index contributed by atoms with van der Waals surface area (Å²) < 4.78 is 18.8. The van der Waals surface area contributed by atoms with Gasteiger partial charge in [0.1, 0.15) is 41.0 Å². The summed E-state index contributed by atoms with van der Waals surface area (Å²) in [6.45, 7) is 0.159. The molecular weight excluding hydrogens is 707 g/mol. The molecule has 5 unspecified atom stereocenters. The summed E-state index contributed by atoms with van der Waals surface area (Å²) in [6.07, 6.45) is 16.1. The zero-order valence-electron chi connectivity index (χ0n) is 31.0. The number of allylic oxidation sites excluding steroid dienone is 1. The maximum absolute atomic E-state index is 14.5. The van der Waals surface area contributed by atoms with Crippen molar-refractivity contribution < 1.29 is 33.7 Å². The van der Waals surface area contributed by atoms with Crippen molar-refractivity contribution in [2.45, 2.75) is 132 Å². The summed E-state index contributed by atoms with van der Waals surface area (Å²) >= 11 is 1.55. The van der Waals surface area contributed by atoms with E-state index in [0.717, 1.165) is 80.4 Å². The molecule has 2 aromatic heterocycles.